The van der Waals surface area contributed by atoms with E-state index in [0.29, 0.717) is 11.6 Å². The highest BCUT2D eigenvalue weighted by molar-refractivity contribution is 8.01. The maximum absolute atomic E-state index is 12.5. The Kier molecular flexibility index (Phi) is 5.96. The van der Waals surface area contributed by atoms with Crippen LogP contribution in [0.1, 0.15) is 31.7 Å². The van der Waals surface area contributed by atoms with Crippen molar-refractivity contribution in [3.8, 4) is 0 Å². The number of para-hydroxylation sites is 1. The van der Waals surface area contributed by atoms with Crippen molar-refractivity contribution in [2.75, 3.05) is 16.0 Å². The Bertz CT molecular complexity index is 834. The fourth-order valence-electron chi connectivity index (χ4n) is 2.91. The molecule has 27 heavy (non-hydrogen) atoms. The molecule has 2 aromatic carbocycles. The number of amides is 3. The molecule has 1 fully saturated rings. The van der Waals surface area contributed by atoms with Crippen molar-refractivity contribution in [2.45, 2.75) is 31.4 Å². The van der Waals surface area contributed by atoms with Crippen LogP contribution in [-0.2, 0) is 14.4 Å². The summed E-state index contributed by atoms with van der Waals surface area (Å²) in [7, 11) is 0. The Morgan fingerprint density at radius 3 is 2.41 bits per heavy atom. The number of rotatable bonds is 6. The molecule has 6 heteroatoms. The number of imide groups is 1. The third-order valence-electron chi connectivity index (χ3n) is 4.40. The van der Waals surface area contributed by atoms with E-state index in [1.807, 2.05) is 30.3 Å². The quantitative estimate of drug-likeness (QED) is 0.772. The standard InChI is InChI=1S/C21H22N2O3S/c1-14(2)15-8-10-16(11-9-15)22-19(24)13-27-18-12-20(25)23(21(18)26)17-6-4-3-5-7-17/h3-11,14,18H,12-13H2,1-2H3,(H,22,24)/t18-/m0/s1. The summed E-state index contributed by atoms with van der Waals surface area (Å²) >= 11 is 1.21. The van der Waals surface area contributed by atoms with Crippen LogP contribution in [0.3, 0.4) is 0 Å². The fourth-order valence-corrected chi connectivity index (χ4v) is 3.84. The van der Waals surface area contributed by atoms with Gasteiger partial charge in [0.15, 0.2) is 0 Å². The number of nitrogens with zero attached hydrogens (tertiary/aromatic N) is 1. The zero-order chi connectivity index (χ0) is 19.4. The lowest BCUT2D eigenvalue weighted by Gasteiger charge is -2.14. The van der Waals surface area contributed by atoms with Crippen molar-refractivity contribution < 1.29 is 14.4 Å². The van der Waals surface area contributed by atoms with Gasteiger partial charge in [0.1, 0.15) is 0 Å². The van der Waals surface area contributed by atoms with E-state index in [9.17, 15) is 14.4 Å². The molecule has 1 saturated heterocycles. The van der Waals surface area contributed by atoms with Gasteiger partial charge < -0.3 is 5.32 Å². The highest BCUT2D eigenvalue weighted by Crippen LogP contribution is 2.29. The number of carbonyl (C=O) groups is 3. The van der Waals surface area contributed by atoms with Gasteiger partial charge in [0.25, 0.3) is 0 Å². The van der Waals surface area contributed by atoms with Gasteiger partial charge in [0, 0.05) is 12.1 Å². The molecule has 1 heterocycles. The monoisotopic (exact) mass is 382 g/mol. The number of hydrogen-bond acceptors (Lipinski definition) is 4. The Morgan fingerprint density at radius 1 is 1.11 bits per heavy atom. The molecule has 0 unspecified atom stereocenters. The van der Waals surface area contributed by atoms with Gasteiger partial charge in [-0.1, -0.05) is 44.2 Å². The van der Waals surface area contributed by atoms with Gasteiger partial charge in [-0.15, -0.1) is 11.8 Å². The lowest BCUT2D eigenvalue weighted by atomic mass is 10.0. The molecule has 0 spiro atoms. The van der Waals surface area contributed by atoms with Crippen LogP contribution < -0.4 is 10.2 Å². The summed E-state index contributed by atoms with van der Waals surface area (Å²) < 4.78 is 0. The lowest BCUT2D eigenvalue weighted by molar-refractivity contribution is -0.121. The van der Waals surface area contributed by atoms with Gasteiger partial charge in [0.2, 0.25) is 17.7 Å². The Hall–Kier alpha value is -2.60. The molecule has 0 radical (unpaired) electrons. The Labute approximate surface area is 163 Å². The minimum Gasteiger partial charge on any atom is -0.325 e. The number of hydrogen-bond donors (Lipinski definition) is 1. The van der Waals surface area contributed by atoms with Crippen LogP contribution in [0.2, 0.25) is 0 Å². The van der Waals surface area contributed by atoms with E-state index in [0.717, 1.165) is 5.69 Å². The molecule has 3 amide bonds. The summed E-state index contributed by atoms with van der Waals surface area (Å²) in [4.78, 5) is 38.1. The largest absolute Gasteiger partial charge is 0.325 e. The van der Waals surface area contributed by atoms with Crippen molar-refractivity contribution in [3.63, 3.8) is 0 Å². The normalized spacial score (nSPS) is 16.9. The van der Waals surface area contributed by atoms with Gasteiger partial charge in [-0.25, -0.2) is 4.90 Å². The minimum atomic E-state index is -0.522. The summed E-state index contributed by atoms with van der Waals surface area (Å²) in [5.41, 5.74) is 2.51. The number of anilines is 2. The summed E-state index contributed by atoms with van der Waals surface area (Å²) in [6, 6.07) is 16.6. The minimum absolute atomic E-state index is 0.120. The Balaban J connectivity index is 1.54. The summed E-state index contributed by atoms with van der Waals surface area (Å²) in [5.74, 6) is -0.115. The predicted octanol–water partition coefficient (Wildman–Crippen LogP) is 3.81. The van der Waals surface area contributed by atoms with Crippen LogP contribution in [0, 0.1) is 0 Å². The van der Waals surface area contributed by atoms with E-state index in [1.165, 1.54) is 22.2 Å². The number of thioether (sulfide) groups is 1. The van der Waals surface area contributed by atoms with Crippen LogP contribution >= 0.6 is 11.8 Å². The second-order valence-corrected chi connectivity index (χ2v) is 7.92. The number of carbonyl (C=O) groups excluding carboxylic acids is 3. The first-order chi connectivity index (χ1) is 13.0. The van der Waals surface area contributed by atoms with Crippen LogP contribution in [0.15, 0.2) is 54.6 Å². The van der Waals surface area contributed by atoms with Gasteiger partial charge in [-0.05, 0) is 35.7 Å². The lowest BCUT2D eigenvalue weighted by Crippen LogP contribution is -2.31. The molecular weight excluding hydrogens is 360 g/mol. The van der Waals surface area contributed by atoms with Crippen molar-refractivity contribution in [1.29, 1.82) is 0 Å². The van der Waals surface area contributed by atoms with E-state index >= 15 is 0 Å². The molecule has 0 saturated carbocycles. The topological polar surface area (TPSA) is 66.5 Å². The second-order valence-electron chi connectivity index (χ2n) is 6.73. The van der Waals surface area contributed by atoms with Crippen molar-refractivity contribution in [2.24, 2.45) is 0 Å². The van der Waals surface area contributed by atoms with Crippen LogP contribution in [-0.4, -0.2) is 28.7 Å². The third-order valence-corrected chi connectivity index (χ3v) is 5.60. The Morgan fingerprint density at radius 2 is 1.78 bits per heavy atom. The number of nitrogens with one attached hydrogen (secondary N) is 1. The maximum atomic E-state index is 12.5. The first-order valence-corrected chi connectivity index (χ1v) is 9.94. The molecule has 140 valence electrons. The summed E-state index contributed by atoms with van der Waals surface area (Å²) in [6.45, 7) is 4.23. The molecule has 0 aliphatic carbocycles. The van der Waals surface area contributed by atoms with E-state index < -0.39 is 5.25 Å². The molecule has 1 atom stereocenters. The van der Waals surface area contributed by atoms with Gasteiger partial charge in [0.05, 0.1) is 16.7 Å². The van der Waals surface area contributed by atoms with Crippen molar-refractivity contribution >= 4 is 40.9 Å². The van der Waals surface area contributed by atoms with Crippen LogP contribution in [0.4, 0.5) is 11.4 Å². The summed E-state index contributed by atoms with van der Waals surface area (Å²) in [5, 5.41) is 2.31. The van der Waals surface area contributed by atoms with E-state index in [4.69, 9.17) is 0 Å². The molecule has 1 N–H and O–H groups in total. The average Bonchev–Trinajstić information content (AvgIpc) is 2.94. The molecule has 0 aromatic heterocycles. The highest BCUT2D eigenvalue weighted by atomic mass is 32.2. The SMILES string of the molecule is CC(C)c1ccc(NC(=O)CS[C@H]2CC(=O)N(c3ccccc3)C2=O)cc1. The fraction of sp³-hybridized carbons (Fsp3) is 0.286. The first kappa shape index (κ1) is 19.2. The van der Waals surface area contributed by atoms with E-state index in [-0.39, 0.29) is 29.9 Å². The van der Waals surface area contributed by atoms with Gasteiger partial charge in [-0.3, -0.25) is 14.4 Å². The molecule has 1 aliphatic rings. The second kappa shape index (κ2) is 8.39. The van der Waals surface area contributed by atoms with Crippen LogP contribution in [0.5, 0.6) is 0 Å². The third kappa shape index (κ3) is 4.57. The molecule has 2 aromatic rings. The molecule has 1 aliphatic heterocycles. The smallest absolute Gasteiger partial charge is 0.247 e. The van der Waals surface area contributed by atoms with Crippen molar-refractivity contribution in [1.82, 2.24) is 0 Å². The van der Waals surface area contributed by atoms with Crippen molar-refractivity contribution in [3.05, 3.63) is 60.2 Å². The van der Waals surface area contributed by atoms with Crippen LogP contribution in [0.25, 0.3) is 0 Å². The maximum Gasteiger partial charge on any atom is 0.247 e. The zero-order valence-electron chi connectivity index (χ0n) is 15.3. The van der Waals surface area contributed by atoms with E-state index in [2.05, 4.69) is 19.2 Å². The molecule has 0 bridgehead atoms. The number of benzene rings is 2. The van der Waals surface area contributed by atoms with Gasteiger partial charge in [-0.2, -0.15) is 0 Å². The zero-order valence-corrected chi connectivity index (χ0v) is 16.2. The molecular formula is C21H22N2O3S. The average molecular weight is 382 g/mol. The highest BCUT2D eigenvalue weighted by Gasteiger charge is 2.39. The molecule has 3 rings (SSSR count). The first-order valence-electron chi connectivity index (χ1n) is 8.89. The predicted molar refractivity (Wildman–Crippen MR) is 109 cm³/mol. The summed E-state index contributed by atoms with van der Waals surface area (Å²) in [6.07, 6.45) is 0.120. The van der Waals surface area contributed by atoms with E-state index in [1.54, 1.807) is 24.3 Å². The van der Waals surface area contributed by atoms with Gasteiger partial charge >= 0.3 is 0 Å². The molecule has 5 nitrogen and oxygen atoms in total.